The summed E-state index contributed by atoms with van der Waals surface area (Å²) in [6.07, 6.45) is 2.20. The van der Waals surface area contributed by atoms with Crippen LogP contribution in [-0.4, -0.2) is 28.4 Å². The molecule has 0 bridgehead atoms. The van der Waals surface area contributed by atoms with E-state index in [2.05, 4.69) is 11.8 Å². The van der Waals surface area contributed by atoms with E-state index in [0.29, 0.717) is 11.8 Å². The Morgan fingerprint density at radius 1 is 1.41 bits per heavy atom. The van der Waals surface area contributed by atoms with Gasteiger partial charge in [0.1, 0.15) is 6.04 Å². The van der Waals surface area contributed by atoms with Crippen LogP contribution in [0.15, 0.2) is 24.3 Å². The van der Waals surface area contributed by atoms with Gasteiger partial charge in [-0.25, -0.2) is 0 Å². The van der Waals surface area contributed by atoms with E-state index in [1.165, 1.54) is 6.42 Å². The highest BCUT2D eigenvalue weighted by atomic mass is 16.5. The van der Waals surface area contributed by atoms with Crippen molar-refractivity contribution in [3.63, 3.8) is 0 Å². The summed E-state index contributed by atoms with van der Waals surface area (Å²) in [6, 6.07) is 8.01. The lowest BCUT2D eigenvalue weighted by Gasteiger charge is -2.40. The van der Waals surface area contributed by atoms with E-state index in [1.807, 2.05) is 24.3 Å². The van der Waals surface area contributed by atoms with Crippen molar-refractivity contribution in [2.45, 2.75) is 25.8 Å². The first-order valence-corrected chi connectivity index (χ1v) is 6.15. The van der Waals surface area contributed by atoms with E-state index in [-0.39, 0.29) is 6.04 Å². The number of nitrogens with two attached hydrogens (primary N) is 1. The van der Waals surface area contributed by atoms with E-state index in [0.717, 1.165) is 29.1 Å². The lowest BCUT2D eigenvalue weighted by Crippen LogP contribution is -2.54. The predicted octanol–water partition coefficient (Wildman–Crippen LogP) is 1.70. The highest BCUT2D eigenvalue weighted by Gasteiger charge is 2.40. The number of hydrogen-bond donors (Lipinski definition) is 2. The molecule has 4 nitrogen and oxygen atoms in total. The van der Waals surface area contributed by atoms with Crippen LogP contribution in [0.25, 0.3) is 0 Å². The third-order valence-corrected chi connectivity index (χ3v) is 3.87. The van der Waals surface area contributed by atoms with E-state index in [4.69, 9.17) is 5.73 Å². The van der Waals surface area contributed by atoms with Crippen molar-refractivity contribution in [3.8, 4) is 0 Å². The van der Waals surface area contributed by atoms with Gasteiger partial charge < -0.3 is 10.1 Å². The van der Waals surface area contributed by atoms with Crippen molar-refractivity contribution in [1.29, 1.82) is 0 Å². The zero-order valence-corrected chi connectivity index (χ0v) is 10.0. The summed E-state index contributed by atoms with van der Waals surface area (Å²) in [7, 11) is 0. The molecule has 2 aliphatic rings. The minimum absolute atomic E-state index is 0.138. The van der Waals surface area contributed by atoms with Gasteiger partial charge in [-0.15, -0.1) is 0 Å². The number of anilines is 1. The van der Waals surface area contributed by atoms with Crippen LogP contribution >= 0.6 is 0 Å². The molecule has 1 aromatic carbocycles. The number of fused-ring (bicyclic) bond motifs is 3. The summed E-state index contributed by atoms with van der Waals surface area (Å²) in [5.41, 5.74) is 7.93. The molecule has 2 atom stereocenters. The molecular formula is C13H18N3O+. The minimum atomic E-state index is 0.138. The SMILES string of the molecule is C[C@@H]1CCN2c3ccccc3[N+](O)=C(N)[C@@H]2C1. The van der Waals surface area contributed by atoms with E-state index in [9.17, 15) is 5.21 Å². The molecule has 0 amide bonds. The van der Waals surface area contributed by atoms with Crippen LogP contribution in [0.1, 0.15) is 19.8 Å². The Hall–Kier alpha value is -1.71. The summed E-state index contributed by atoms with van der Waals surface area (Å²) in [4.78, 5) is 2.32. The summed E-state index contributed by atoms with van der Waals surface area (Å²) in [5.74, 6) is 1.21. The Labute approximate surface area is 101 Å². The number of para-hydroxylation sites is 2. The zero-order valence-electron chi connectivity index (χ0n) is 10.0. The third kappa shape index (κ3) is 1.47. The van der Waals surface area contributed by atoms with Gasteiger partial charge in [0.05, 0.1) is 5.69 Å². The summed E-state index contributed by atoms with van der Waals surface area (Å²) in [6.45, 7) is 3.25. The van der Waals surface area contributed by atoms with Gasteiger partial charge in [0.15, 0.2) is 5.69 Å². The largest absolute Gasteiger partial charge is 0.354 e. The Balaban J connectivity index is 2.12. The lowest BCUT2D eigenvalue weighted by atomic mass is 9.90. The maximum atomic E-state index is 10.1. The van der Waals surface area contributed by atoms with Gasteiger partial charge in [0.2, 0.25) is 0 Å². The third-order valence-electron chi connectivity index (χ3n) is 3.87. The molecule has 0 radical (unpaired) electrons. The molecule has 0 unspecified atom stereocenters. The molecule has 2 aliphatic heterocycles. The molecule has 1 saturated heterocycles. The first kappa shape index (κ1) is 10.4. The van der Waals surface area contributed by atoms with Gasteiger partial charge >= 0.3 is 5.84 Å². The highest BCUT2D eigenvalue weighted by Crippen LogP contribution is 2.37. The van der Waals surface area contributed by atoms with Gasteiger partial charge in [-0.05, 0) is 35.6 Å². The van der Waals surface area contributed by atoms with E-state index >= 15 is 0 Å². The van der Waals surface area contributed by atoms with Crippen LogP contribution < -0.4 is 10.6 Å². The van der Waals surface area contributed by atoms with Gasteiger partial charge in [-0.3, -0.25) is 5.73 Å². The number of amidine groups is 1. The van der Waals surface area contributed by atoms with Crippen LogP contribution in [0.5, 0.6) is 0 Å². The number of hydrogen-bond acceptors (Lipinski definition) is 3. The van der Waals surface area contributed by atoms with Gasteiger partial charge in [-0.1, -0.05) is 19.1 Å². The van der Waals surface area contributed by atoms with Crippen LogP contribution in [0.3, 0.4) is 0 Å². The van der Waals surface area contributed by atoms with Crippen molar-refractivity contribution in [1.82, 2.24) is 0 Å². The van der Waals surface area contributed by atoms with Crippen LogP contribution in [-0.2, 0) is 0 Å². The first-order chi connectivity index (χ1) is 8.18. The van der Waals surface area contributed by atoms with E-state index < -0.39 is 0 Å². The molecule has 4 heteroatoms. The molecule has 90 valence electrons. The minimum Gasteiger partial charge on any atom is -0.354 e. The molecule has 1 aromatic rings. The molecule has 0 aliphatic carbocycles. The van der Waals surface area contributed by atoms with Gasteiger partial charge in [-0.2, -0.15) is 0 Å². The molecule has 3 rings (SSSR count). The maximum Gasteiger partial charge on any atom is 0.310 e. The molecule has 3 N–H and O–H groups in total. The maximum absolute atomic E-state index is 10.1. The fourth-order valence-electron chi connectivity index (χ4n) is 2.88. The topological polar surface area (TPSA) is 52.5 Å². The number of rotatable bonds is 0. The Bertz CT molecular complexity index is 483. The van der Waals surface area contributed by atoms with Crippen molar-refractivity contribution < 1.29 is 9.95 Å². The second kappa shape index (κ2) is 3.65. The molecular weight excluding hydrogens is 214 g/mol. The van der Waals surface area contributed by atoms with Crippen LogP contribution in [0, 0.1) is 5.92 Å². The molecule has 17 heavy (non-hydrogen) atoms. The second-order valence-corrected chi connectivity index (χ2v) is 5.06. The molecule has 2 heterocycles. The van der Waals surface area contributed by atoms with E-state index in [1.54, 1.807) is 0 Å². The first-order valence-electron chi connectivity index (χ1n) is 6.15. The molecule has 1 fully saturated rings. The number of nitrogens with zero attached hydrogens (tertiary/aromatic N) is 2. The Morgan fingerprint density at radius 2 is 2.18 bits per heavy atom. The Kier molecular flexibility index (Phi) is 2.24. The van der Waals surface area contributed by atoms with Crippen LogP contribution in [0.2, 0.25) is 0 Å². The van der Waals surface area contributed by atoms with Crippen molar-refractivity contribution in [2.24, 2.45) is 11.7 Å². The summed E-state index contributed by atoms with van der Waals surface area (Å²) < 4.78 is 1.15. The Morgan fingerprint density at radius 3 is 3.00 bits per heavy atom. The molecule has 0 aromatic heterocycles. The lowest BCUT2D eigenvalue weighted by molar-refractivity contribution is -0.715. The van der Waals surface area contributed by atoms with Crippen LogP contribution in [0.4, 0.5) is 11.4 Å². The number of piperidine rings is 1. The average Bonchev–Trinajstić information content (AvgIpc) is 2.36. The average molecular weight is 232 g/mol. The zero-order chi connectivity index (χ0) is 12.0. The van der Waals surface area contributed by atoms with Gasteiger partial charge in [0.25, 0.3) is 0 Å². The second-order valence-electron chi connectivity index (χ2n) is 5.06. The smallest absolute Gasteiger partial charge is 0.310 e. The quantitative estimate of drug-likeness (QED) is 0.529. The fourth-order valence-corrected chi connectivity index (χ4v) is 2.88. The monoisotopic (exact) mass is 232 g/mol. The molecule has 0 spiro atoms. The van der Waals surface area contributed by atoms with Crippen molar-refractivity contribution >= 4 is 17.2 Å². The van der Waals surface area contributed by atoms with Crippen molar-refractivity contribution in [3.05, 3.63) is 24.3 Å². The normalized spacial score (nSPS) is 27.7. The summed E-state index contributed by atoms with van der Waals surface area (Å²) >= 11 is 0. The number of benzene rings is 1. The van der Waals surface area contributed by atoms with Crippen molar-refractivity contribution in [2.75, 3.05) is 11.4 Å². The highest BCUT2D eigenvalue weighted by molar-refractivity contribution is 5.89. The standard InChI is InChI=1S/C13H17N3O/c1-9-6-7-15-10-4-2-3-5-11(10)16(17)13(14)12(15)8-9/h2-5,9,12,14,17H,6-8H2,1H3/p+1/t9-,12+/m1/s1. The van der Waals surface area contributed by atoms with Gasteiger partial charge in [0, 0.05) is 6.54 Å². The predicted molar refractivity (Wildman–Crippen MR) is 66.9 cm³/mol. The molecule has 0 saturated carbocycles. The fraction of sp³-hybridized carbons (Fsp3) is 0.462. The summed E-state index contributed by atoms with van der Waals surface area (Å²) in [5, 5.41) is 10.1.